The van der Waals surface area contributed by atoms with Crippen LogP contribution in [0.1, 0.15) is 18.5 Å². The third kappa shape index (κ3) is 3.47. The first kappa shape index (κ1) is 16.5. The Bertz CT molecular complexity index is 656. The number of phenols is 1. The van der Waals surface area contributed by atoms with Crippen LogP contribution in [0.2, 0.25) is 0 Å². The third-order valence-corrected chi connectivity index (χ3v) is 3.58. The van der Waals surface area contributed by atoms with Gasteiger partial charge in [0.15, 0.2) is 5.78 Å². The minimum Gasteiger partial charge on any atom is -0.508 e. The molecule has 0 radical (unpaired) electrons. The van der Waals surface area contributed by atoms with Crippen molar-refractivity contribution in [2.45, 2.75) is 13.0 Å². The van der Waals surface area contributed by atoms with Gasteiger partial charge in [0.2, 0.25) is 0 Å². The Labute approximate surface area is 132 Å². The maximum atomic E-state index is 12.2. The van der Waals surface area contributed by atoms with E-state index in [0.717, 1.165) is 4.90 Å². The molecule has 1 heterocycles. The highest BCUT2D eigenvalue weighted by atomic mass is 16.3. The lowest BCUT2D eigenvalue weighted by Gasteiger charge is -2.31. The summed E-state index contributed by atoms with van der Waals surface area (Å²) in [5.41, 5.74) is 0.469. The van der Waals surface area contributed by atoms with E-state index >= 15 is 0 Å². The molecule has 0 saturated carbocycles. The molecule has 0 aliphatic carbocycles. The molecule has 1 aliphatic rings. The standard InChI is InChI=1S/C15H17N3O5/c1-9(19)12(10-3-5-11(20)6-4-10)16-15(23)18-8-7-17(2)13(21)14(18)22/h3-6,12,20H,7-8H2,1-2H3,(H,16,23). The topological polar surface area (TPSA) is 107 Å². The summed E-state index contributed by atoms with van der Waals surface area (Å²) in [6.45, 7) is 1.60. The fraction of sp³-hybridized carbons (Fsp3) is 0.333. The minimum atomic E-state index is -0.967. The van der Waals surface area contributed by atoms with Crippen LogP contribution in [0.25, 0.3) is 0 Å². The molecule has 0 aromatic heterocycles. The number of urea groups is 1. The maximum Gasteiger partial charge on any atom is 0.325 e. The van der Waals surface area contributed by atoms with Gasteiger partial charge >= 0.3 is 17.8 Å². The van der Waals surface area contributed by atoms with Gasteiger partial charge in [-0.1, -0.05) is 12.1 Å². The van der Waals surface area contributed by atoms with Crippen LogP contribution < -0.4 is 5.32 Å². The van der Waals surface area contributed by atoms with E-state index in [1.807, 2.05) is 0 Å². The number of Topliss-reactive ketones (excluding diaryl/α,β-unsaturated/α-hetero) is 1. The number of nitrogens with zero attached hydrogens (tertiary/aromatic N) is 2. The first-order chi connectivity index (χ1) is 10.8. The second-order valence-electron chi connectivity index (χ2n) is 5.27. The van der Waals surface area contributed by atoms with E-state index in [9.17, 15) is 24.3 Å². The van der Waals surface area contributed by atoms with E-state index in [2.05, 4.69) is 5.32 Å². The summed E-state index contributed by atoms with van der Waals surface area (Å²) in [5, 5.41) is 11.7. The van der Waals surface area contributed by atoms with Crippen LogP contribution in [0.15, 0.2) is 24.3 Å². The van der Waals surface area contributed by atoms with Crippen molar-refractivity contribution in [3.63, 3.8) is 0 Å². The average molecular weight is 319 g/mol. The second-order valence-corrected chi connectivity index (χ2v) is 5.27. The average Bonchev–Trinajstić information content (AvgIpc) is 2.51. The van der Waals surface area contributed by atoms with Crippen molar-refractivity contribution in [3.8, 4) is 5.75 Å². The molecule has 8 nitrogen and oxygen atoms in total. The normalized spacial score (nSPS) is 16.3. The molecule has 2 N–H and O–H groups in total. The number of carbonyl (C=O) groups is 4. The van der Waals surface area contributed by atoms with Crippen LogP contribution in [-0.2, 0) is 14.4 Å². The Morgan fingerprint density at radius 3 is 2.30 bits per heavy atom. The van der Waals surface area contributed by atoms with Crippen molar-refractivity contribution < 1.29 is 24.3 Å². The molecule has 2 rings (SSSR count). The molecule has 1 unspecified atom stereocenters. The molecule has 0 spiro atoms. The van der Waals surface area contributed by atoms with E-state index in [-0.39, 0.29) is 24.6 Å². The predicted molar refractivity (Wildman–Crippen MR) is 79.4 cm³/mol. The lowest BCUT2D eigenvalue weighted by atomic mass is 10.0. The number of rotatable bonds is 3. The lowest BCUT2D eigenvalue weighted by Crippen LogP contribution is -2.57. The fourth-order valence-electron chi connectivity index (χ4n) is 2.21. The zero-order chi connectivity index (χ0) is 17.1. The molecule has 0 bridgehead atoms. The number of ketones is 1. The van der Waals surface area contributed by atoms with Crippen LogP contribution in [0.5, 0.6) is 5.75 Å². The van der Waals surface area contributed by atoms with Crippen molar-refractivity contribution in [1.82, 2.24) is 15.1 Å². The quantitative estimate of drug-likeness (QED) is 0.765. The van der Waals surface area contributed by atoms with E-state index < -0.39 is 23.9 Å². The first-order valence-corrected chi connectivity index (χ1v) is 6.98. The van der Waals surface area contributed by atoms with Crippen molar-refractivity contribution >= 4 is 23.6 Å². The molecule has 1 aliphatic heterocycles. The number of hydrogen-bond donors (Lipinski definition) is 2. The number of carbonyl (C=O) groups excluding carboxylic acids is 4. The first-order valence-electron chi connectivity index (χ1n) is 6.98. The van der Waals surface area contributed by atoms with E-state index in [0.29, 0.717) is 5.56 Å². The van der Waals surface area contributed by atoms with Gasteiger partial charge in [-0.3, -0.25) is 19.3 Å². The summed E-state index contributed by atoms with van der Waals surface area (Å²) in [4.78, 5) is 49.5. The number of amides is 4. The number of nitrogens with one attached hydrogen (secondary N) is 1. The summed E-state index contributed by atoms with van der Waals surface area (Å²) in [7, 11) is 1.48. The van der Waals surface area contributed by atoms with Crippen molar-refractivity contribution in [1.29, 1.82) is 0 Å². The number of piperazine rings is 1. The van der Waals surface area contributed by atoms with Gasteiger partial charge in [-0.2, -0.15) is 0 Å². The Hall–Kier alpha value is -2.90. The van der Waals surface area contributed by atoms with Gasteiger partial charge in [-0.25, -0.2) is 4.79 Å². The summed E-state index contributed by atoms with van der Waals surface area (Å²) in [6.07, 6.45) is 0. The van der Waals surface area contributed by atoms with Gasteiger partial charge in [0.1, 0.15) is 11.8 Å². The number of likely N-dealkylation sites (N-methyl/N-ethyl adjacent to an activating group) is 1. The molecule has 23 heavy (non-hydrogen) atoms. The molecule has 1 aromatic rings. The van der Waals surface area contributed by atoms with Gasteiger partial charge in [0, 0.05) is 20.1 Å². The number of phenolic OH excluding ortho intramolecular Hbond substituents is 1. The highest BCUT2D eigenvalue weighted by Crippen LogP contribution is 2.18. The van der Waals surface area contributed by atoms with E-state index in [1.54, 1.807) is 0 Å². The van der Waals surface area contributed by atoms with Gasteiger partial charge in [0.25, 0.3) is 0 Å². The maximum absolute atomic E-state index is 12.2. The number of aromatic hydroxyl groups is 1. The minimum absolute atomic E-state index is 0.0298. The second kappa shape index (κ2) is 6.47. The third-order valence-electron chi connectivity index (χ3n) is 3.58. The SMILES string of the molecule is CC(=O)C(NC(=O)N1CCN(C)C(=O)C1=O)c1ccc(O)cc1. The highest BCUT2D eigenvalue weighted by molar-refractivity contribution is 6.38. The molecule has 122 valence electrons. The summed E-state index contributed by atoms with van der Waals surface area (Å²) in [5.74, 6) is -2.00. The Balaban J connectivity index is 2.15. The van der Waals surface area contributed by atoms with Gasteiger partial charge in [-0.05, 0) is 24.6 Å². The number of imide groups is 1. The van der Waals surface area contributed by atoms with Crippen LogP contribution in [0.3, 0.4) is 0 Å². The molecule has 8 heteroatoms. The van der Waals surface area contributed by atoms with Crippen LogP contribution in [0.4, 0.5) is 4.79 Å². The van der Waals surface area contributed by atoms with Crippen molar-refractivity contribution in [2.24, 2.45) is 0 Å². The fourth-order valence-corrected chi connectivity index (χ4v) is 2.21. The zero-order valence-electron chi connectivity index (χ0n) is 12.8. The molecular formula is C15H17N3O5. The van der Waals surface area contributed by atoms with Gasteiger partial charge in [0.05, 0.1) is 0 Å². The molecule has 4 amide bonds. The largest absolute Gasteiger partial charge is 0.508 e. The monoisotopic (exact) mass is 319 g/mol. The van der Waals surface area contributed by atoms with Crippen molar-refractivity contribution in [3.05, 3.63) is 29.8 Å². The van der Waals surface area contributed by atoms with Crippen molar-refractivity contribution in [2.75, 3.05) is 20.1 Å². The smallest absolute Gasteiger partial charge is 0.325 e. The molecule has 1 aromatic carbocycles. The predicted octanol–water partition coefficient (Wildman–Crippen LogP) is 0.0325. The summed E-state index contributed by atoms with van der Waals surface area (Å²) >= 11 is 0. The van der Waals surface area contributed by atoms with E-state index in [4.69, 9.17) is 0 Å². The van der Waals surface area contributed by atoms with Crippen LogP contribution in [-0.4, -0.2) is 58.7 Å². The molecular weight excluding hydrogens is 302 g/mol. The van der Waals surface area contributed by atoms with Crippen LogP contribution in [0, 0.1) is 0 Å². The Morgan fingerprint density at radius 1 is 1.13 bits per heavy atom. The zero-order valence-corrected chi connectivity index (χ0v) is 12.8. The van der Waals surface area contributed by atoms with Gasteiger partial charge in [-0.15, -0.1) is 0 Å². The number of hydrogen-bond acceptors (Lipinski definition) is 5. The molecule has 1 fully saturated rings. The van der Waals surface area contributed by atoms with Crippen LogP contribution >= 0.6 is 0 Å². The Morgan fingerprint density at radius 2 is 1.74 bits per heavy atom. The molecule has 1 saturated heterocycles. The van der Waals surface area contributed by atoms with E-state index in [1.165, 1.54) is 43.1 Å². The summed E-state index contributed by atoms with van der Waals surface area (Å²) in [6, 6.07) is 4.01. The highest BCUT2D eigenvalue weighted by Gasteiger charge is 2.35. The lowest BCUT2D eigenvalue weighted by molar-refractivity contribution is -0.152. The molecule has 1 atom stereocenters. The number of benzene rings is 1. The Kier molecular flexibility index (Phi) is 4.63. The summed E-state index contributed by atoms with van der Waals surface area (Å²) < 4.78 is 0. The van der Waals surface area contributed by atoms with Gasteiger partial charge < -0.3 is 15.3 Å².